The number of carbonyl (C=O) groups excluding carboxylic acids is 2. The third kappa shape index (κ3) is 8.38. The Morgan fingerprint density at radius 1 is 1.02 bits per heavy atom. The summed E-state index contributed by atoms with van der Waals surface area (Å²) in [4.78, 5) is 38.2. The van der Waals surface area contributed by atoms with Gasteiger partial charge in [0.1, 0.15) is 11.4 Å². The summed E-state index contributed by atoms with van der Waals surface area (Å²) in [5.41, 5.74) is 4.28. The number of hydrogen-bond donors (Lipinski definition) is 5. The van der Waals surface area contributed by atoms with Crippen molar-refractivity contribution in [2.75, 3.05) is 39.2 Å². The molecule has 0 unspecified atom stereocenters. The number of anilines is 1. The zero-order chi connectivity index (χ0) is 34.0. The Bertz CT molecular complexity index is 1770. The quantitative estimate of drug-likeness (QED) is 0.111. The van der Waals surface area contributed by atoms with Gasteiger partial charge in [0.05, 0.1) is 41.3 Å². The molecule has 5 N–H and O–H groups in total. The van der Waals surface area contributed by atoms with Crippen molar-refractivity contribution >= 4 is 40.7 Å². The SMILES string of the molecule is COc1cc(C(=O)Nc2cccc(-c3nccc(-c4ccc(CNC[C@@H]5CCC(=O)N5)c(OC)n4)c3Cl)c2Cl)ncc1CNCCCO. The first-order valence-corrected chi connectivity index (χ1v) is 16.2. The molecule has 2 amide bonds. The molecule has 0 bridgehead atoms. The van der Waals surface area contributed by atoms with Crippen LogP contribution in [-0.2, 0) is 17.9 Å². The maximum absolute atomic E-state index is 13.2. The van der Waals surface area contributed by atoms with E-state index < -0.39 is 5.91 Å². The van der Waals surface area contributed by atoms with Gasteiger partial charge in [-0.1, -0.05) is 41.4 Å². The molecule has 252 valence electrons. The first-order chi connectivity index (χ1) is 23.3. The highest BCUT2D eigenvalue weighted by atomic mass is 35.5. The fourth-order valence-electron chi connectivity index (χ4n) is 5.31. The average molecular weight is 695 g/mol. The fourth-order valence-corrected chi connectivity index (χ4v) is 5.88. The van der Waals surface area contributed by atoms with Crippen LogP contribution < -0.4 is 30.7 Å². The van der Waals surface area contributed by atoms with E-state index in [1.165, 1.54) is 7.11 Å². The van der Waals surface area contributed by atoms with Crippen LogP contribution >= 0.6 is 23.2 Å². The number of benzene rings is 1. The molecule has 1 aliphatic rings. The maximum Gasteiger partial charge on any atom is 0.274 e. The van der Waals surface area contributed by atoms with E-state index in [1.807, 2.05) is 12.1 Å². The second kappa shape index (κ2) is 16.7. The number of carbonyl (C=O) groups is 2. The molecule has 1 fully saturated rings. The van der Waals surface area contributed by atoms with Crippen molar-refractivity contribution in [2.24, 2.45) is 0 Å². The number of pyridine rings is 3. The summed E-state index contributed by atoms with van der Waals surface area (Å²) in [6, 6.07) is 12.4. The maximum atomic E-state index is 13.2. The summed E-state index contributed by atoms with van der Waals surface area (Å²) in [5.74, 6) is 0.562. The summed E-state index contributed by atoms with van der Waals surface area (Å²) in [6.45, 7) is 2.38. The standard InChI is InChI=1S/C34H37Cl2N7O5/c1-47-28-15-27(40-18-21(28)17-37-12-4-14-44)33(46)42-26-6-3-5-24(30(26)35)32-31(36)23(11-13-39-32)25-9-7-20(34(43-25)48-2)16-38-19-22-8-10-29(45)41-22/h3,5-7,9,11,13,15,18,22,37-38,44H,4,8,10,12,14,16-17,19H2,1-2H3,(H,41,45)(H,42,46)/t22-/m0/s1. The third-order valence-electron chi connectivity index (χ3n) is 7.81. The lowest BCUT2D eigenvalue weighted by molar-refractivity contribution is -0.119. The molecule has 1 aliphatic heterocycles. The van der Waals surface area contributed by atoms with Crippen LogP contribution in [0.3, 0.4) is 0 Å². The van der Waals surface area contributed by atoms with E-state index in [0.717, 1.165) is 17.5 Å². The van der Waals surface area contributed by atoms with Crippen LogP contribution in [0.5, 0.6) is 11.6 Å². The number of amides is 2. The molecule has 48 heavy (non-hydrogen) atoms. The molecule has 3 aromatic heterocycles. The Morgan fingerprint density at radius 2 is 1.85 bits per heavy atom. The number of methoxy groups -OCH3 is 2. The highest BCUT2D eigenvalue weighted by Gasteiger charge is 2.22. The van der Waals surface area contributed by atoms with Crippen LogP contribution in [0, 0.1) is 0 Å². The molecule has 4 heterocycles. The van der Waals surface area contributed by atoms with Crippen molar-refractivity contribution in [3.63, 3.8) is 0 Å². The predicted molar refractivity (Wildman–Crippen MR) is 184 cm³/mol. The minimum atomic E-state index is -0.473. The van der Waals surface area contributed by atoms with E-state index >= 15 is 0 Å². The molecule has 0 radical (unpaired) electrons. The van der Waals surface area contributed by atoms with Crippen molar-refractivity contribution in [3.05, 3.63) is 81.7 Å². The average Bonchev–Trinajstić information content (AvgIpc) is 3.52. The lowest BCUT2D eigenvalue weighted by Crippen LogP contribution is -2.35. The van der Waals surface area contributed by atoms with E-state index in [0.29, 0.717) is 83.9 Å². The number of aromatic nitrogens is 3. The van der Waals surface area contributed by atoms with Gasteiger partial charge in [-0.05, 0) is 37.6 Å². The summed E-state index contributed by atoms with van der Waals surface area (Å²) < 4.78 is 11.1. The van der Waals surface area contributed by atoms with Crippen molar-refractivity contribution < 1.29 is 24.2 Å². The Morgan fingerprint density at radius 3 is 2.60 bits per heavy atom. The number of nitrogens with zero attached hydrogens (tertiary/aromatic N) is 3. The molecule has 5 rings (SSSR count). The molecule has 0 aliphatic carbocycles. The first-order valence-electron chi connectivity index (χ1n) is 15.5. The van der Waals surface area contributed by atoms with Crippen LogP contribution in [0.1, 0.15) is 40.9 Å². The number of aliphatic hydroxyl groups excluding tert-OH is 1. The highest BCUT2D eigenvalue weighted by Crippen LogP contribution is 2.40. The van der Waals surface area contributed by atoms with Gasteiger partial charge in [0.15, 0.2) is 0 Å². The Kier molecular flexibility index (Phi) is 12.2. The number of halogens is 2. The third-order valence-corrected chi connectivity index (χ3v) is 8.60. The van der Waals surface area contributed by atoms with Gasteiger partial charge in [-0.25, -0.2) is 4.98 Å². The Balaban J connectivity index is 1.32. The normalized spacial score (nSPS) is 14.1. The van der Waals surface area contributed by atoms with Gasteiger partial charge >= 0.3 is 0 Å². The van der Waals surface area contributed by atoms with E-state index in [9.17, 15) is 9.59 Å². The molecule has 0 spiro atoms. The van der Waals surface area contributed by atoms with Gasteiger partial charge in [-0.3, -0.25) is 19.6 Å². The number of hydrogen-bond acceptors (Lipinski definition) is 10. The van der Waals surface area contributed by atoms with Crippen molar-refractivity contribution in [1.29, 1.82) is 0 Å². The van der Waals surface area contributed by atoms with E-state index in [4.69, 9.17) is 42.8 Å². The number of nitrogens with one attached hydrogen (secondary N) is 4. The molecule has 12 nitrogen and oxygen atoms in total. The summed E-state index contributed by atoms with van der Waals surface area (Å²) >= 11 is 13.8. The van der Waals surface area contributed by atoms with E-state index in [2.05, 4.69) is 31.2 Å². The lowest BCUT2D eigenvalue weighted by atomic mass is 10.1. The second-order valence-corrected chi connectivity index (χ2v) is 11.8. The molecule has 4 aromatic rings. The van der Waals surface area contributed by atoms with Crippen LogP contribution in [0.15, 0.2) is 54.9 Å². The molecule has 1 atom stereocenters. The van der Waals surface area contributed by atoms with E-state index in [-0.39, 0.29) is 29.3 Å². The molecule has 1 saturated heterocycles. The summed E-state index contributed by atoms with van der Waals surface area (Å²) in [6.07, 6.45) is 5.19. The molecular weight excluding hydrogens is 657 g/mol. The summed E-state index contributed by atoms with van der Waals surface area (Å²) in [7, 11) is 3.08. The lowest BCUT2D eigenvalue weighted by Gasteiger charge is -2.15. The Labute approximate surface area is 288 Å². The number of rotatable bonds is 15. The second-order valence-electron chi connectivity index (χ2n) is 11.1. The van der Waals surface area contributed by atoms with Gasteiger partial charge in [-0.2, -0.15) is 0 Å². The van der Waals surface area contributed by atoms with Crippen molar-refractivity contribution in [2.45, 2.75) is 38.4 Å². The van der Waals surface area contributed by atoms with Gasteiger partial charge in [-0.15, -0.1) is 0 Å². The summed E-state index contributed by atoms with van der Waals surface area (Å²) in [5, 5.41) is 21.9. The van der Waals surface area contributed by atoms with Gasteiger partial charge in [0.2, 0.25) is 11.8 Å². The van der Waals surface area contributed by atoms with Gasteiger partial charge in [0.25, 0.3) is 5.91 Å². The monoisotopic (exact) mass is 693 g/mol. The molecule has 14 heteroatoms. The largest absolute Gasteiger partial charge is 0.496 e. The predicted octanol–water partition coefficient (Wildman–Crippen LogP) is 4.62. The first kappa shape index (κ1) is 35.0. The molecule has 1 aromatic carbocycles. The van der Waals surface area contributed by atoms with Gasteiger partial charge < -0.3 is 35.8 Å². The smallest absolute Gasteiger partial charge is 0.274 e. The zero-order valence-corrected chi connectivity index (χ0v) is 28.1. The van der Waals surface area contributed by atoms with Gasteiger partial charge in [0, 0.05) is 79.4 Å². The topological polar surface area (TPSA) is 160 Å². The van der Waals surface area contributed by atoms with Crippen LogP contribution in [0.25, 0.3) is 22.5 Å². The number of aliphatic hydroxyl groups is 1. The minimum Gasteiger partial charge on any atom is -0.496 e. The Hall–Kier alpha value is -4.33. The van der Waals surface area contributed by atoms with E-state index in [1.54, 1.807) is 49.8 Å². The molecule has 0 saturated carbocycles. The highest BCUT2D eigenvalue weighted by molar-refractivity contribution is 6.39. The van der Waals surface area contributed by atoms with Crippen LogP contribution in [0.2, 0.25) is 10.0 Å². The van der Waals surface area contributed by atoms with Crippen molar-refractivity contribution in [1.82, 2.24) is 30.9 Å². The molecular formula is C34H37Cl2N7O5. The number of ether oxygens (including phenoxy) is 2. The van der Waals surface area contributed by atoms with Crippen molar-refractivity contribution in [3.8, 4) is 34.1 Å². The van der Waals surface area contributed by atoms with Crippen LogP contribution in [0.4, 0.5) is 5.69 Å². The van der Waals surface area contributed by atoms with Crippen LogP contribution in [-0.4, -0.2) is 71.8 Å². The zero-order valence-electron chi connectivity index (χ0n) is 26.6. The minimum absolute atomic E-state index is 0.0802. The fraction of sp³-hybridized carbons (Fsp3) is 0.324.